The molecular formula is C32H55N3O4S. The Bertz CT molecular complexity index is 960. The zero-order chi connectivity index (χ0) is 29.7. The van der Waals surface area contributed by atoms with Crippen LogP contribution in [0.25, 0.3) is 0 Å². The third-order valence-electron chi connectivity index (χ3n) is 11.3. The molecule has 4 aliphatic rings. The summed E-state index contributed by atoms with van der Waals surface area (Å²) in [5, 5.41) is 6.72. The van der Waals surface area contributed by atoms with Crippen LogP contribution in [0.15, 0.2) is 0 Å². The average Bonchev–Trinajstić information content (AvgIpc) is 3.20. The number of esters is 1. The maximum Gasteiger partial charge on any atom is 0.328 e. The van der Waals surface area contributed by atoms with Crippen LogP contribution in [0.2, 0.25) is 0 Å². The zero-order valence-corrected chi connectivity index (χ0v) is 27.3. The Balaban J connectivity index is 1.60. The first-order chi connectivity index (χ1) is 18.6. The summed E-state index contributed by atoms with van der Waals surface area (Å²) in [4.78, 5) is 43.1. The van der Waals surface area contributed by atoms with Crippen LogP contribution < -0.4 is 10.6 Å². The summed E-state index contributed by atoms with van der Waals surface area (Å²) in [6, 6.07) is -1.51. The highest BCUT2D eigenvalue weighted by molar-refractivity contribution is 8.00. The lowest BCUT2D eigenvalue weighted by Gasteiger charge is -2.49. The third kappa shape index (κ3) is 5.89. The minimum absolute atomic E-state index is 0.0229. The van der Waals surface area contributed by atoms with Gasteiger partial charge in [0.25, 0.3) is 0 Å². The summed E-state index contributed by atoms with van der Waals surface area (Å²) in [6.07, 6.45) is 8.36. The molecule has 0 bridgehead atoms. The van der Waals surface area contributed by atoms with Crippen LogP contribution in [-0.4, -0.2) is 64.6 Å². The van der Waals surface area contributed by atoms with Crippen molar-refractivity contribution in [1.82, 2.24) is 15.5 Å². The second-order valence-corrected chi connectivity index (χ2v) is 17.1. The second-order valence-electron chi connectivity index (χ2n) is 15.3. The predicted octanol–water partition coefficient (Wildman–Crippen LogP) is 6.01. The quantitative estimate of drug-likeness (QED) is 0.362. The number of piperidine rings is 1. The molecule has 3 aliphatic carbocycles. The number of hydrogen-bond donors (Lipinski definition) is 2. The molecule has 3 saturated carbocycles. The minimum Gasteiger partial charge on any atom is -0.467 e. The highest BCUT2D eigenvalue weighted by atomic mass is 32.2. The van der Waals surface area contributed by atoms with Crippen LogP contribution in [0.4, 0.5) is 4.79 Å². The van der Waals surface area contributed by atoms with Gasteiger partial charge >= 0.3 is 12.0 Å². The van der Waals surface area contributed by atoms with Crippen molar-refractivity contribution in [3.8, 4) is 0 Å². The fourth-order valence-corrected chi connectivity index (χ4v) is 9.58. The van der Waals surface area contributed by atoms with Crippen molar-refractivity contribution >= 4 is 29.7 Å². The van der Waals surface area contributed by atoms with E-state index in [-0.39, 0.29) is 50.9 Å². The van der Waals surface area contributed by atoms with E-state index in [1.54, 1.807) is 4.90 Å². The number of nitrogens with zero attached hydrogens (tertiary/aromatic N) is 1. The number of methoxy groups -OCH3 is 1. The molecule has 228 valence electrons. The molecule has 0 unspecified atom stereocenters. The lowest BCUT2D eigenvalue weighted by Crippen LogP contribution is -2.66. The van der Waals surface area contributed by atoms with Crippen molar-refractivity contribution in [2.75, 3.05) is 19.4 Å². The van der Waals surface area contributed by atoms with E-state index in [9.17, 15) is 14.4 Å². The Labute approximate surface area is 247 Å². The van der Waals surface area contributed by atoms with E-state index in [1.807, 2.05) is 11.8 Å². The van der Waals surface area contributed by atoms with E-state index >= 15 is 0 Å². The molecule has 8 heteroatoms. The molecule has 0 aromatic rings. The van der Waals surface area contributed by atoms with Gasteiger partial charge in [-0.15, -0.1) is 0 Å². The molecule has 1 aliphatic heterocycles. The molecule has 0 aromatic carbocycles. The number of ether oxygens (including phenoxy) is 1. The summed E-state index contributed by atoms with van der Waals surface area (Å²) in [7, 11) is 1.40. The maximum absolute atomic E-state index is 14.4. The number of nitrogens with one attached hydrogen (secondary N) is 2. The van der Waals surface area contributed by atoms with E-state index in [0.717, 1.165) is 50.7 Å². The third-order valence-corrected chi connectivity index (χ3v) is 12.8. The van der Waals surface area contributed by atoms with E-state index in [1.165, 1.54) is 13.5 Å². The average molecular weight is 578 g/mol. The molecule has 0 aromatic heterocycles. The normalized spacial score (nSPS) is 35.3. The molecule has 7 atom stereocenters. The van der Waals surface area contributed by atoms with Crippen LogP contribution in [0.1, 0.15) is 107 Å². The van der Waals surface area contributed by atoms with Crippen molar-refractivity contribution < 1.29 is 19.1 Å². The van der Waals surface area contributed by atoms with Gasteiger partial charge in [0.1, 0.15) is 12.1 Å². The Kier molecular flexibility index (Phi) is 8.92. The van der Waals surface area contributed by atoms with Crippen molar-refractivity contribution in [1.29, 1.82) is 0 Å². The molecule has 7 nitrogen and oxygen atoms in total. The number of amides is 3. The topological polar surface area (TPSA) is 87.7 Å². The highest BCUT2D eigenvalue weighted by Crippen LogP contribution is 2.65. The monoisotopic (exact) mass is 577 g/mol. The number of rotatable bonds is 7. The molecule has 0 spiro atoms. The van der Waals surface area contributed by atoms with Crippen molar-refractivity contribution in [3.63, 3.8) is 0 Å². The van der Waals surface area contributed by atoms with Crippen molar-refractivity contribution in [2.45, 2.75) is 129 Å². The van der Waals surface area contributed by atoms with Gasteiger partial charge in [0.2, 0.25) is 5.91 Å². The summed E-state index contributed by atoms with van der Waals surface area (Å²) < 4.78 is 5.28. The van der Waals surface area contributed by atoms with Gasteiger partial charge in [-0.05, 0) is 54.3 Å². The lowest BCUT2D eigenvalue weighted by atomic mass is 9.68. The summed E-state index contributed by atoms with van der Waals surface area (Å²) in [5.41, 5.74) is -0.670. The number of hydrogen-bond acceptors (Lipinski definition) is 5. The minimum atomic E-state index is -0.679. The first-order valence-electron chi connectivity index (χ1n) is 15.7. The number of carbonyl (C=O) groups excluding carboxylic acids is 3. The first kappa shape index (κ1) is 31.5. The molecule has 2 N–H and O–H groups in total. The molecule has 1 saturated heterocycles. The Morgan fingerprint density at radius 2 is 1.60 bits per heavy atom. The number of urea groups is 1. The molecule has 0 radical (unpaired) electrons. The predicted molar refractivity (Wildman–Crippen MR) is 162 cm³/mol. The number of thioether (sulfide) groups is 1. The van der Waals surface area contributed by atoms with Gasteiger partial charge in [0, 0.05) is 23.0 Å². The van der Waals surface area contributed by atoms with Crippen LogP contribution >= 0.6 is 11.8 Å². The van der Waals surface area contributed by atoms with Crippen LogP contribution in [0.5, 0.6) is 0 Å². The number of fused-ring (bicyclic) bond motifs is 1. The SMILES string of the molecule is COC(=O)[C@@H]1[C@@H]2[C@H](CN1C(=O)[C@@H](NC(=O)N[C@@]1(CSC(C)(C)C)[C@H](C)CCC[C@@H]1C)C1(C)CCCCC1)C2(C)C. The van der Waals surface area contributed by atoms with E-state index in [0.29, 0.717) is 18.4 Å². The molecule has 3 amide bonds. The van der Waals surface area contributed by atoms with Gasteiger partial charge in [-0.25, -0.2) is 9.59 Å². The fourth-order valence-electron chi connectivity index (χ4n) is 8.26. The van der Waals surface area contributed by atoms with Crippen LogP contribution in [0.3, 0.4) is 0 Å². The summed E-state index contributed by atoms with van der Waals surface area (Å²) >= 11 is 1.90. The summed E-state index contributed by atoms with van der Waals surface area (Å²) in [5.74, 6) is 1.46. The van der Waals surface area contributed by atoms with Crippen molar-refractivity contribution in [2.24, 2.45) is 34.5 Å². The largest absolute Gasteiger partial charge is 0.467 e. The first-order valence-corrected chi connectivity index (χ1v) is 16.7. The van der Waals surface area contributed by atoms with E-state index < -0.39 is 12.1 Å². The van der Waals surface area contributed by atoms with Gasteiger partial charge in [-0.2, -0.15) is 11.8 Å². The Morgan fingerprint density at radius 3 is 2.15 bits per heavy atom. The van der Waals surface area contributed by atoms with Gasteiger partial charge in [0.15, 0.2) is 0 Å². The van der Waals surface area contributed by atoms with Crippen LogP contribution in [0, 0.1) is 34.5 Å². The fraction of sp³-hybridized carbons (Fsp3) is 0.906. The van der Waals surface area contributed by atoms with Gasteiger partial charge in [-0.3, -0.25) is 4.79 Å². The summed E-state index contributed by atoms with van der Waals surface area (Å²) in [6.45, 7) is 18.3. The van der Waals surface area contributed by atoms with E-state index in [2.05, 4.69) is 66.0 Å². The number of carbonyl (C=O) groups is 3. The smallest absolute Gasteiger partial charge is 0.328 e. The van der Waals surface area contributed by atoms with Gasteiger partial charge in [-0.1, -0.05) is 81.1 Å². The van der Waals surface area contributed by atoms with Crippen molar-refractivity contribution in [3.05, 3.63) is 0 Å². The van der Waals surface area contributed by atoms with Gasteiger partial charge < -0.3 is 20.3 Å². The molecule has 40 heavy (non-hydrogen) atoms. The Hall–Kier alpha value is -1.44. The maximum atomic E-state index is 14.4. The van der Waals surface area contributed by atoms with Gasteiger partial charge in [0.05, 0.1) is 12.6 Å². The molecule has 4 rings (SSSR count). The molecular weight excluding hydrogens is 522 g/mol. The Morgan fingerprint density at radius 1 is 1.00 bits per heavy atom. The lowest BCUT2D eigenvalue weighted by molar-refractivity contribution is -0.155. The molecule has 1 heterocycles. The second kappa shape index (κ2) is 11.3. The number of likely N-dealkylation sites (tertiary alicyclic amines) is 1. The zero-order valence-electron chi connectivity index (χ0n) is 26.5. The molecule has 4 fully saturated rings. The highest BCUT2D eigenvalue weighted by Gasteiger charge is 2.70. The van der Waals surface area contributed by atoms with Crippen LogP contribution in [-0.2, 0) is 14.3 Å². The standard InChI is InChI=1S/C32H55N3O4S/c1-20-14-13-15-21(2)32(20,19-40-29(3,4)5)34-28(38)33-25(31(8)16-11-10-12-17-31)26(36)35-18-22-23(30(22,6)7)24(35)27(37)39-9/h20-25H,10-19H2,1-9H3,(H2,33,34,38)/t20-,21+,22-,23-,24-,25+,32+/m0/s1. The van der Waals surface area contributed by atoms with E-state index in [4.69, 9.17) is 4.74 Å².